The molecule has 0 aromatic heterocycles. The molecule has 0 spiro atoms. The Hall–Kier alpha value is -2.56. The smallest absolute Gasteiger partial charge is 0.330 e. The molecule has 5 nitrogen and oxygen atoms in total. The van der Waals surface area contributed by atoms with Crippen molar-refractivity contribution in [2.24, 2.45) is 0 Å². The molecule has 0 atom stereocenters. The van der Waals surface area contributed by atoms with Crippen LogP contribution in [-0.4, -0.2) is 30.9 Å². The Kier molecular flexibility index (Phi) is 6.89. The molecule has 116 valence electrons. The van der Waals surface area contributed by atoms with Crippen LogP contribution in [0, 0.1) is 0 Å². The SMILES string of the molecule is COC(=O)/C=C/C(=O)CCCc1ccc(C(C)=O)cc1C=O. The Morgan fingerprint density at radius 3 is 2.50 bits per heavy atom. The lowest BCUT2D eigenvalue weighted by Gasteiger charge is -2.06. The van der Waals surface area contributed by atoms with Gasteiger partial charge in [0, 0.05) is 23.6 Å². The predicted molar refractivity (Wildman–Crippen MR) is 80.9 cm³/mol. The van der Waals surface area contributed by atoms with E-state index in [0.717, 1.165) is 11.6 Å². The van der Waals surface area contributed by atoms with Crippen molar-refractivity contribution in [3.63, 3.8) is 0 Å². The number of aryl methyl sites for hydroxylation is 1. The summed E-state index contributed by atoms with van der Waals surface area (Å²) in [7, 11) is 1.24. The van der Waals surface area contributed by atoms with Crippen molar-refractivity contribution >= 4 is 23.8 Å². The molecule has 1 aromatic carbocycles. The van der Waals surface area contributed by atoms with Gasteiger partial charge in [0.1, 0.15) is 6.29 Å². The van der Waals surface area contributed by atoms with Crippen LogP contribution < -0.4 is 0 Å². The van der Waals surface area contributed by atoms with E-state index >= 15 is 0 Å². The molecule has 0 saturated carbocycles. The number of hydrogen-bond acceptors (Lipinski definition) is 5. The molecular weight excluding hydrogens is 284 g/mol. The zero-order valence-electron chi connectivity index (χ0n) is 12.6. The van der Waals surface area contributed by atoms with Crippen LogP contribution in [0.15, 0.2) is 30.4 Å². The van der Waals surface area contributed by atoms with Gasteiger partial charge in [0.25, 0.3) is 0 Å². The third-order valence-corrected chi connectivity index (χ3v) is 3.16. The first-order valence-corrected chi connectivity index (χ1v) is 6.85. The number of aldehydes is 1. The number of allylic oxidation sites excluding steroid dienone is 1. The number of carbonyl (C=O) groups is 4. The summed E-state index contributed by atoms with van der Waals surface area (Å²) in [5.74, 6) is -0.854. The second kappa shape index (κ2) is 8.67. The van der Waals surface area contributed by atoms with Gasteiger partial charge in [-0.3, -0.25) is 14.4 Å². The zero-order valence-corrected chi connectivity index (χ0v) is 12.6. The van der Waals surface area contributed by atoms with E-state index in [0.29, 0.717) is 30.3 Å². The van der Waals surface area contributed by atoms with Crippen LogP contribution in [0.1, 0.15) is 46.0 Å². The molecule has 0 saturated heterocycles. The number of esters is 1. The Morgan fingerprint density at radius 2 is 1.91 bits per heavy atom. The molecule has 0 aliphatic carbocycles. The van der Waals surface area contributed by atoms with Gasteiger partial charge in [-0.15, -0.1) is 0 Å². The highest BCUT2D eigenvalue weighted by Gasteiger charge is 2.07. The lowest BCUT2D eigenvalue weighted by Crippen LogP contribution is -2.01. The second-order valence-corrected chi connectivity index (χ2v) is 4.76. The van der Waals surface area contributed by atoms with Crippen molar-refractivity contribution in [3.05, 3.63) is 47.0 Å². The topological polar surface area (TPSA) is 77.5 Å². The molecule has 1 rings (SSSR count). The first-order valence-electron chi connectivity index (χ1n) is 6.85. The van der Waals surface area contributed by atoms with Crippen LogP contribution in [0.5, 0.6) is 0 Å². The molecule has 22 heavy (non-hydrogen) atoms. The minimum atomic E-state index is -0.573. The number of ketones is 2. The van der Waals surface area contributed by atoms with Gasteiger partial charge in [-0.05, 0) is 37.5 Å². The van der Waals surface area contributed by atoms with E-state index in [9.17, 15) is 19.2 Å². The second-order valence-electron chi connectivity index (χ2n) is 4.76. The van der Waals surface area contributed by atoms with Crippen LogP contribution in [0.4, 0.5) is 0 Å². The fourth-order valence-electron chi connectivity index (χ4n) is 1.92. The Morgan fingerprint density at radius 1 is 1.18 bits per heavy atom. The third kappa shape index (κ3) is 5.44. The van der Waals surface area contributed by atoms with Gasteiger partial charge in [-0.25, -0.2) is 4.79 Å². The average molecular weight is 302 g/mol. The molecule has 0 amide bonds. The van der Waals surface area contributed by atoms with Gasteiger partial charge in [0.15, 0.2) is 11.6 Å². The highest BCUT2D eigenvalue weighted by atomic mass is 16.5. The molecule has 0 fully saturated rings. The highest BCUT2D eigenvalue weighted by Crippen LogP contribution is 2.14. The van der Waals surface area contributed by atoms with Gasteiger partial charge in [0.05, 0.1) is 7.11 Å². The Labute approximate surface area is 129 Å². The summed E-state index contributed by atoms with van der Waals surface area (Å²) >= 11 is 0. The van der Waals surface area contributed by atoms with E-state index in [1.807, 2.05) is 0 Å². The van der Waals surface area contributed by atoms with Crippen molar-refractivity contribution in [1.82, 2.24) is 0 Å². The van der Waals surface area contributed by atoms with E-state index in [1.165, 1.54) is 20.1 Å². The van der Waals surface area contributed by atoms with Gasteiger partial charge in [-0.2, -0.15) is 0 Å². The number of ether oxygens (including phenoxy) is 1. The molecule has 0 bridgehead atoms. The summed E-state index contributed by atoms with van der Waals surface area (Å²) in [5.41, 5.74) is 1.75. The fourth-order valence-corrected chi connectivity index (χ4v) is 1.92. The van der Waals surface area contributed by atoms with Gasteiger partial charge >= 0.3 is 5.97 Å². The number of rotatable bonds is 8. The lowest BCUT2D eigenvalue weighted by atomic mass is 9.98. The monoisotopic (exact) mass is 302 g/mol. The van der Waals surface area contributed by atoms with Crippen LogP contribution >= 0.6 is 0 Å². The van der Waals surface area contributed by atoms with Crippen LogP contribution in [0.25, 0.3) is 0 Å². The fraction of sp³-hybridized carbons (Fsp3) is 0.294. The maximum Gasteiger partial charge on any atom is 0.330 e. The highest BCUT2D eigenvalue weighted by molar-refractivity contribution is 5.96. The van der Waals surface area contributed by atoms with E-state index in [2.05, 4.69) is 4.74 Å². The number of hydrogen-bond donors (Lipinski definition) is 0. The number of benzene rings is 1. The Bertz CT molecular complexity index is 613. The summed E-state index contributed by atoms with van der Waals surface area (Å²) < 4.78 is 4.39. The van der Waals surface area contributed by atoms with Crippen molar-refractivity contribution in [2.45, 2.75) is 26.2 Å². The summed E-state index contributed by atoms with van der Waals surface area (Å²) in [4.78, 5) is 44.7. The first kappa shape index (κ1) is 17.5. The maximum absolute atomic E-state index is 11.5. The van der Waals surface area contributed by atoms with Crippen LogP contribution in [-0.2, 0) is 20.7 Å². The molecule has 0 N–H and O–H groups in total. The van der Waals surface area contributed by atoms with Crippen LogP contribution in [0.3, 0.4) is 0 Å². The van der Waals surface area contributed by atoms with Gasteiger partial charge < -0.3 is 4.74 Å². The minimum absolute atomic E-state index is 0.0993. The average Bonchev–Trinajstić information content (AvgIpc) is 2.52. The van der Waals surface area contributed by atoms with Crippen molar-refractivity contribution < 1.29 is 23.9 Å². The molecule has 0 aliphatic rings. The van der Waals surface area contributed by atoms with Crippen molar-refractivity contribution in [2.75, 3.05) is 7.11 Å². The van der Waals surface area contributed by atoms with E-state index in [4.69, 9.17) is 0 Å². The van der Waals surface area contributed by atoms with E-state index < -0.39 is 5.97 Å². The normalized spacial score (nSPS) is 10.5. The van der Waals surface area contributed by atoms with Gasteiger partial charge in [0.2, 0.25) is 0 Å². The molecule has 5 heteroatoms. The number of Topliss-reactive ketones (excluding diaryl/α,β-unsaturated/α-hetero) is 1. The lowest BCUT2D eigenvalue weighted by molar-refractivity contribution is -0.135. The largest absolute Gasteiger partial charge is 0.466 e. The zero-order chi connectivity index (χ0) is 16.5. The van der Waals surface area contributed by atoms with E-state index in [-0.39, 0.29) is 18.0 Å². The summed E-state index contributed by atoms with van der Waals surface area (Å²) in [6.45, 7) is 1.44. The quantitative estimate of drug-likeness (QED) is 0.319. The molecule has 0 unspecified atom stereocenters. The molecular formula is C17H18O5. The van der Waals surface area contributed by atoms with E-state index in [1.54, 1.807) is 18.2 Å². The maximum atomic E-state index is 11.5. The number of methoxy groups -OCH3 is 1. The van der Waals surface area contributed by atoms with Gasteiger partial charge in [-0.1, -0.05) is 12.1 Å². The summed E-state index contributed by atoms with van der Waals surface area (Å²) in [6, 6.07) is 4.96. The minimum Gasteiger partial charge on any atom is -0.466 e. The Balaban J connectivity index is 2.60. The number of carbonyl (C=O) groups excluding carboxylic acids is 4. The molecule has 0 radical (unpaired) electrons. The third-order valence-electron chi connectivity index (χ3n) is 3.16. The summed E-state index contributed by atoms with van der Waals surface area (Å²) in [6.07, 6.45) is 4.34. The molecule has 1 aromatic rings. The summed E-state index contributed by atoms with van der Waals surface area (Å²) in [5, 5.41) is 0. The standard InChI is InChI=1S/C17H18O5/c1-12(19)14-7-6-13(15(10-14)11-18)4-3-5-16(20)8-9-17(21)22-2/h6-11H,3-5H2,1-2H3/b9-8+. The predicted octanol–water partition coefficient (Wildman–Crippen LogP) is 2.32. The first-order chi connectivity index (χ1) is 10.5. The van der Waals surface area contributed by atoms with Crippen molar-refractivity contribution in [3.8, 4) is 0 Å². The van der Waals surface area contributed by atoms with Crippen LogP contribution in [0.2, 0.25) is 0 Å². The molecule has 0 heterocycles. The van der Waals surface area contributed by atoms with Crippen molar-refractivity contribution in [1.29, 1.82) is 0 Å². The molecule has 0 aliphatic heterocycles.